The third-order valence-corrected chi connectivity index (χ3v) is 5.12. The van der Waals surface area contributed by atoms with Crippen molar-refractivity contribution in [2.75, 3.05) is 26.0 Å². The van der Waals surface area contributed by atoms with Crippen molar-refractivity contribution in [1.29, 1.82) is 0 Å². The maximum atomic E-state index is 13.1. The third-order valence-electron chi connectivity index (χ3n) is 5.12. The number of nitrogens with zero attached hydrogens (tertiary/aromatic N) is 2. The van der Waals surface area contributed by atoms with Gasteiger partial charge in [0.15, 0.2) is 5.92 Å². The van der Waals surface area contributed by atoms with Gasteiger partial charge in [-0.3, -0.25) is 0 Å². The molecule has 1 N–H and O–H groups in total. The van der Waals surface area contributed by atoms with Crippen molar-refractivity contribution in [3.8, 4) is 5.75 Å². The van der Waals surface area contributed by atoms with Gasteiger partial charge in [-0.1, -0.05) is 37.3 Å². The van der Waals surface area contributed by atoms with Crippen LogP contribution in [0.15, 0.2) is 60.5 Å². The largest absolute Gasteiger partial charge is 0.502 e. The average Bonchev–Trinajstić information content (AvgIpc) is 3.15. The van der Waals surface area contributed by atoms with E-state index in [1.165, 1.54) is 11.6 Å². The number of para-hydroxylation sites is 1. The molecule has 1 unspecified atom stereocenters. The molecule has 30 heavy (non-hydrogen) atoms. The summed E-state index contributed by atoms with van der Waals surface area (Å²) in [6, 6.07) is 16.7. The Labute approximate surface area is 175 Å². The average molecular weight is 406 g/mol. The fourth-order valence-corrected chi connectivity index (χ4v) is 3.59. The molecule has 2 heterocycles. The molecular formula is C23H24N3O4+. The summed E-state index contributed by atoms with van der Waals surface area (Å²) < 4.78 is 13.2. The van der Waals surface area contributed by atoms with Crippen LogP contribution < -0.4 is 10.1 Å². The molecule has 4 rings (SSSR count). The predicted octanol–water partition coefficient (Wildman–Crippen LogP) is 3.54. The first kappa shape index (κ1) is 19.7. The lowest BCUT2D eigenvalue weighted by atomic mass is 9.91. The summed E-state index contributed by atoms with van der Waals surface area (Å²) in [4.78, 5) is 26.6. The number of ether oxygens (including phenoxy) is 2. The second-order valence-electron chi connectivity index (χ2n) is 7.22. The monoisotopic (exact) mass is 406 g/mol. The van der Waals surface area contributed by atoms with Crippen LogP contribution in [-0.4, -0.2) is 48.0 Å². The molecule has 2 aromatic rings. The van der Waals surface area contributed by atoms with Crippen molar-refractivity contribution >= 4 is 29.1 Å². The zero-order chi connectivity index (χ0) is 21.3. The molecule has 0 aliphatic carbocycles. The van der Waals surface area contributed by atoms with Gasteiger partial charge in [0.1, 0.15) is 5.75 Å². The Bertz CT molecular complexity index is 1060. The first-order valence-electron chi connectivity index (χ1n) is 9.90. The number of hydrogen-bond acceptors (Lipinski definition) is 5. The second-order valence-corrected chi connectivity index (χ2v) is 7.22. The van der Waals surface area contributed by atoms with E-state index in [0.29, 0.717) is 24.0 Å². The molecule has 0 bridgehead atoms. The summed E-state index contributed by atoms with van der Waals surface area (Å²) in [7, 11) is 3.09. The van der Waals surface area contributed by atoms with Gasteiger partial charge in [0.2, 0.25) is 5.88 Å². The van der Waals surface area contributed by atoms with Gasteiger partial charge in [-0.25, -0.2) is 4.79 Å². The van der Waals surface area contributed by atoms with Gasteiger partial charge in [-0.15, -0.1) is 0 Å². The lowest BCUT2D eigenvalue weighted by Gasteiger charge is -2.20. The Kier molecular flexibility index (Phi) is 5.27. The van der Waals surface area contributed by atoms with E-state index in [1.54, 1.807) is 7.05 Å². The fraction of sp³-hybridized carbons (Fsp3) is 0.261. The lowest BCUT2D eigenvalue weighted by molar-refractivity contribution is -0.415. The van der Waals surface area contributed by atoms with Gasteiger partial charge < -0.3 is 14.8 Å². The molecule has 2 aromatic carbocycles. The Hall–Kier alpha value is -3.61. The number of amides is 3. The quantitative estimate of drug-likeness (QED) is 0.743. The molecule has 1 atom stereocenters. The number of hydrogen-bond donors (Lipinski definition) is 1. The second kappa shape index (κ2) is 8.02. The van der Waals surface area contributed by atoms with E-state index in [0.717, 1.165) is 28.3 Å². The number of fused-ring (bicyclic) bond motifs is 1. The molecular weight excluding hydrogens is 382 g/mol. The Morgan fingerprint density at radius 3 is 2.63 bits per heavy atom. The van der Waals surface area contributed by atoms with Crippen molar-refractivity contribution in [2.24, 2.45) is 5.92 Å². The predicted molar refractivity (Wildman–Crippen MR) is 113 cm³/mol. The Morgan fingerprint density at radius 2 is 1.90 bits per heavy atom. The van der Waals surface area contributed by atoms with E-state index in [9.17, 15) is 9.59 Å². The van der Waals surface area contributed by atoms with Crippen LogP contribution in [0.3, 0.4) is 0 Å². The van der Waals surface area contributed by atoms with Crippen molar-refractivity contribution in [3.63, 3.8) is 0 Å². The number of carbonyl (C=O) groups is 2. The van der Waals surface area contributed by atoms with E-state index in [1.807, 2.05) is 61.5 Å². The number of urea groups is 1. The summed E-state index contributed by atoms with van der Waals surface area (Å²) >= 11 is 0. The number of rotatable bonds is 6. The van der Waals surface area contributed by atoms with Crippen molar-refractivity contribution in [3.05, 3.63) is 66.0 Å². The summed E-state index contributed by atoms with van der Waals surface area (Å²) in [6.07, 6.45) is 0.896. The molecule has 2 aliphatic heterocycles. The number of nitrogens with one attached hydrogen (secondary N) is 1. The SMILES string of the molecule is CCCOc1cccc(C2=C(Nc3ccccc3)OC3=[N+](C)C(=O)N(C)C(=O)C23)c1. The van der Waals surface area contributed by atoms with E-state index >= 15 is 0 Å². The highest BCUT2D eigenvalue weighted by Crippen LogP contribution is 2.39. The third kappa shape index (κ3) is 3.43. The molecule has 0 saturated heterocycles. The number of carbonyl (C=O) groups excluding carboxylic acids is 2. The smallest absolute Gasteiger partial charge is 0.494 e. The zero-order valence-electron chi connectivity index (χ0n) is 17.2. The highest BCUT2D eigenvalue weighted by atomic mass is 16.5. The van der Waals surface area contributed by atoms with Crippen LogP contribution in [0.25, 0.3) is 5.57 Å². The van der Waals surface area contributed by atoms with E-state index < -0.39 is 11.9 Å². The van der Waals surface area contributed by atoms with Gasteiger partial charge in [0.05, 0.1) is 20.7 Å². The summed E-state index contributed by atoms with van der Waals surface area (Å²) in [5.41, 5.74) is 2.29. The standard InChI is InChI=1S/C23H24N3O4/c1-4-13-29-17-12-8-9-15(14-17)18-19-21(27)25(2)23(28)26(3)22(19)30-20(18)24-16-10-6-5-7-11-16/h5-12,14,19,24H,4,13H2,1-3H3/q+1. The molecule has 3 amide bonds. The molecule has 7 heteroatoms. The minimum atomic E-state index is -0.717. The van der Waals surface area contributed by atoms with Crippen LogP contribution >= 0.6 is 0 Å². The molecule has 0 spiro atoms. The lowest BCUT2D eigenvalue weighted by Crippen LogP contribution is -2.51. The van der Waals surface area contributed by atoms with Crippen molar-refractivity contribution in [2.45, 2.75) is 13.3 Å². The molecule has 0 radical (unpaired) electrons. The molecule has 154 valence electrons. The van der Waals surface area contributed by atoms with Crippen LogP contribution in [0.2, 0.25) is 0 Å². The number of benzene rings is 2. The van der Waals surface area contributed by atoms with Crippen LogP contribution in [0.5, 0.6) is 5.75 Å². The van der Waals surface area contributed by atoms with Gasteiger partial charge in [0, 0.05) is 11.3 Å². The zero-order valence-corrected chi connectivity index (χ0v) is 17.2. The van der Waals surface area contributed by atoms with Gasteiger partial charge >= 0.3 is 11.9 Å². The fourth-order valence-electron chi connectivity index (χ4n) is 3.59. The van der Waals surface area contributed by atoms with Crippen molar-refractivity contribution in [1.82, 2.24) is 4.90 Å². The van der Waals surface area contributed by atoms with E-state index in [-0.39, 0.29) is 5.91 Å². The Balaban J connectivity index is 1.83. The molecule has 0 fully saturated rings. The first-order valence-corrected chi connectivity index (χ1v) is 9.90. The normalized spacial score (nSPS) is 18.5. The number of anilines is 1. The van der Waals surface area contributed by atoms with Crippen LogP contribution in [0, 0.1) is 5.92 Å². The maximum absolute atomic E-state index is 13.1. The topological polar surface area (TPSA) is 70.9 Å². The van der Waals surface area contributed by atoms with Gasteiger partial charge in [0.25, 0.3) is 5.90 Å². The minimum Gasteiger partial charge on any atom is -0.494 e. The summed E-state index contributed by atoms with van der Waals surface area (Å²) in [5.74, 6) is 0.405. The van der Waals surface area contributed by atoms with Crippen molar-refractivity contribution < 1.29 is 23.6 Å². The highest BCUT2D eigenvalue weighted by molar-refractivity contribution is 6.18. The molecule has 2 aliphatic rings. The summed E-state index contributed by atoms with van der Waals surface area (Å²) in [6.45, 7) is 2.65. The Morgan fingerprint density at radius 1 is 1.13 bits per heavy atom. The summed E-state index contributed by atoms with van der Waals surface area (Å²) in [5, 5.41) is 3.27. The molecule has 0 saturated carbocycles. The molecule has 0 aromatic heterocycles. The van der Waals surface area contributed by atoms with E-state index in [4.69, 9.17) is 9.47 Å². The maximum Gasteiger partial charge on any atom is 0.502 e. The van der Waals surface area contributed by atoms with Crippen LogP contribution in [0.1, 0.15) is 18.9 Å². The number of imide groups is 1. The van der Waals surface area contributed by atoms with Crippen LogP contribution in [0.4, 0.5) is 10.5 Å². The highest BCUT2D eigenvalue weighted by Gasteiger charge is 2.53. The van der Waals surface area contributed by atoms with Gasteiger partial charge in [-0.2, -0.15) is 14.3 Å². The van der Waals surface area contributed by atoms with E-state index in [2.05, 4.69) is 5.32 Å². The van der Waals surface area contributed by atoms with Crippen LogP contribution in [-0.2, 0) is 9.53 Å². The molecule has 7 nitrogen and oxygen atoms in total. The minimum absolute atomic E-state index is 0.302. The van der Waals surface area contributed by atoms with Gasteiger partial charge in [-0.05, 0) is 36.2 Å². The first-order chi connectivity index (χ1) is 14.5.